The van der Waals surface area contributed by atoms with Crippen molar-refractivity contribution >= 4 is 34.2 Å². The number of para-hydroxylation sites is 1. The van der Waals surface area contributed by atoms with E-state index in [1.165, 1.54) is 16.9 Å². The molecule has 3 nitrogen and oxygen atoms in total. The largest absolute Gasteiger partial charge is 0.365 e. The summed E-state index contributed by atoms with van der Waals surface area (Å²) in [5.74, 6) is -0.375. The minimum atomic E-state index is -0.375. The molecule has 0 radical (unpaired) electrons. The first-order valence-corrected chi connectivity index (χ1v) is 7.38. The van der Waals surface area contributed by atoms with Gasteiger partial charge in [0.05, 0.1) is 11.2 Å². The molecule has 4 rings (SSSR count). The fourth-order valence-corrected chi connectivity index (χ4v) is 3.96. The number of carbonyl (C=O) groups excluding carboxylic acids is 1. The molecule has 1 aromatic carbocycles. The zero-order chi connectivity index (χ0) is 13.7. The van der Waals surface area contributed by atoms with E-state index in [9.17, 15) is 4.79 Å². The Kier molecular flexibility index (Phi) is 2.41. The van der Waals surface area contributed by atoms with E-state index < -0.39 is 0 Å². The normalized spacial score (nSPS) is 13.8. The molecule has 98 valence electrons. The minimum Gasteiger partial charge on any atom is -0.365 e. The second-order valence-electron chi connectivity index (χ2n) is 4.93. The maximum Gasteiger partial charge on any atom is 0.259 e. The molecule has 0 bridgehead atoms. The topological polar surface area (TPSA) is 56.0 Å². The monoisotopic (exact) mass is 280 g/mol. The smallest absolute Gasteiger partial charge is 0.259 e. The summed E-state index contributed by atoms with van der Waals surface area (Å²) in [7, 11) is 0. The SMILES string of the molecule is NC(=O)c1sc2c(c3nc4ccccc4c1-3)CCC=C2. The van der Waals surface area contributed by atoms with Gasteiger partial charge in [0.1, 0.15) is 4.88 Å². The number of rotatable bonds is 1. The minimum absolute atomic E-state index is 0.375. The molecule has 0 saturated carbocycles. The molecular weight excluding hydrogens is 268 g/mol. The lowest BCUT2D eigenvalue weighted by atomic mass is 9.97. The summed E-state index contributed by atoms with van der Waals surface area (Å²) in [6.07, 6.45) is 6.21. The highest BCUT2D eigenvalue weighted by Crippen LogP contribution is 2.42. The fourth-order valence-electron chi connectivity index (χ4n) is 2.84. The van der Waals surface area contributed by atoms with Crippen LogP contribution in [0.1, 0.15) is 26.5 Å². The molecule has 0 fully saturated rings. The van der Waals surface area contributed by atoms with Crippen LogP contribution < -0.4 is 5.73 Å². The Bertz CT molecular complexity index is 847. The number of nitrogens with zero attached hydrogens (tertiary/aromatic N) is 1. The molecule has 2 N–H and O–H groups in total. The van der Waals surface area contributed by atoms with Gasteiger partial charge in [-0.15, -0.1) is 11.3 Å². The van der Waals surface area contributed by atoms with Gasteiger partial charge in [0.2, 0.25) is 0 Å². The van der Waals surface area contributed by atoms with E-state index in [4.69, 9.17) is 10.7 Å². The van der Waals surface area contributed by atoms with E-state index in [0.29, 0.717) is 4.88 Å². The molecule has 2 aliphatic heterocycles. The lowest BCUT2D eigenvalue weighted by Crippen LogP contribution is -2.12. The highest BCUT2D eigenvalue weighted by Gasteiger charge is 2.25. The van der Waals surface area contributed by atoms with E-state index in [2.05, 4.69) is 12.2 Å². The van der Waals surface area contributed by atoms with Crippen LogP contribution >= 0.6 is 11.3 Å². The molecule has 0 unspecified atom stereocenters. The quantitative estimate of drug-likeness (QED) is 0.742. The van der Waals surface area contributed by atoms with Crippen LogP contribution in [0.25, 0.3) is 28.2 Å². The number of benzene rings is 1. The molecular formula is C16H12N2OS. The number of aromatic nitrogens is 1. The fraction of sp³-hybridized carbons (Fsp3) is 0.125. The number of amides is 1. The summed E-state index contributed by atoms with van der Waals surface area (Å²) >= 11 is 1.48. The van der Waals surface area contributed by atoms with Crippen LogP contribution in [0.4, 0.5) is 0 Å². The van der Waals surface area contributed by atoms with Crippen LogP contribution in [0.2, 0.25) is 0 Å². The van der Waals surface area contributed by atoms with Gasteiger partial charge in [0.25, 0.3) is 5.91 Å². The van der Waals surface area contributed by atoms with Crippen molar-refractivity contribution in [3.8, 4) is 11.3 Å². The molecule has 2 heterocycles. The van der Waals surface area contributed by atoms with Crippen LogP contribution in [0.3, 0.4) is 0 Å². The number of allylic oxidation sites excluding steroid dienone is 1. The Morgan fingerprint density at radius 3 is 3.00 bits per heavy atom. The number of primary amides is 1. The Balaban J connectivity index is 2.21. The van der Waals surface area contributed by atoms with Crippen molar-refractivity contribution < 1.29 is 4.79 Å². The number of hydrogen-bond acceptors (Lipinski definition) is 3. The van der Waals surface area contributed by atoms with Crippen molar-refractivity contribution in [2.45, 2.75) is 12.8 Å². The van der Waals surface area contributed by atoms with Crippen LogP contribution in [-0.4, -0.2) is 10.9 Å². The standard InChI is InChI=1S/C16H12N2OS/c17-16(19)15-13-9-5-1-3-7-11(9)18-14(13)10-6-2-4-8-12(10)20-15/h1,3-5,7-8H,2,6H2,(H2,17,19). The molecule has 4 heteroatoms. The molecule has 3 aliphatic rings. The van der Waals surface area contributed by atoms with Gasteiger partial charge in [0.15, 0.2) is 0 Å². The van der Waals surface area contributed by atoms with Crippen LogP contribution in [0, 0.1) is 0 Å². The average molecular weight is 280 g/mol. The van der Waals surface area contributed by atoms with Crippen LogP contribution in [0.5, 0.6) is 0 Å². The Morgan fingerprint density at radius 2 is 2.15 bits per heavy atom. The zero-order valence-electron chi connectivity index (χ0n) is 10.7. The average Bonchev–Trinajstić information content (AvgIpc) is 2.86. The first-order chi connectivity index (χ1) is 9.75. The first kappa shape index (κ1) is 11.6. The summed E-state index contributed by atoms with van der Waals surface area (Å²) in [4.78, 5) is 18.3. The maximum atomic E-state index is 11.8. The van der Waals surface area contributed by atoms with Crippen LogP contribution in [-0.2, 0) is 6.42 Å². The van der Waals surface area contributed by atoms with E-state index in [1.807, 2.05) is 24.3 Å². The molecule has 0 aromatic heterocycles. The molecule has 1 aliphatic carbocycles. The number of carbonyl (C=O) groups is 1. The lowest BCUT2D eigenvalue weighted by molar-refractivity contribution is 0.100. The van der Waals surface area contributed by atoms with E-state index in [1.54, 1.807) is 0 Å². The van der Waals surface area contributed by atoms with Gasteiger partial charge >= 0.3 is 0 Å². The number of nitrogens with two attached hydrogens (primary N) is 1. The molecule has 0 atom stereocenters. The summed E-state index contributed by atoms with van der Waals surface area (Å²) < 4.78 is 0. The molecule has 0 saturated heterocycles. The predicted octanol–water partition coefficient (Wildman–Crippen LogP) is 3.46. The molecule has 20 heavy (non-hydrogen) atoms. The van der Waals surface area contributed by atoms with E-state index >= 15 is 0 Å². The van der Waals surface area contributed by atoms with Crippen molar-refractivity contribution in [2.75, 3.05) is 0 Å². The molecule has 0 spiro atoms. The Hall–Kier alpha value is -2.20. The second-order valence-corrected chi connectivity index (χ2v) is 5.98. The Morgan fingerprint density at radius 1 is 1.30 bits per heavy atom. The highest BCUT2D eigenvalue weighted by atomic mass is 32.1. The lowest BCUT2D eigenvalue weighted by Gasteiger charge is -2.15. The predicted molar refractivity (Wildman–Crippen MR) is 82.1 cm³/mol. The van der Waals surface area contributed by atoms with Crippen molar-refractivity contribution in [3.63, 3.8) is 0 Å². The number of fused-ring (bicyclic) bond motifs is 5. The van der Waals surface area contributed by atoms with Gasteiger partial charge in [-0.2, -0.15) is 0 Å². The van der Waals surface area contributed by atoms with E-state index in [0.717, 1.165) is 39.9 Å². The summed E-state index contributed by atoms with van der Waals surface area (Å²) in [6, 6.07) is 7.93. The van der Waals surface area contributed by atoms with Gasteiger partial charge in [0, 0.05) is 15.8 Å². The third kappa shape index (κ3) is 1.51. The van der Waals surface area contributed by atoms with Crippen molar-refractivity contribution in [3.05, 3.63) is 45.7 Å². The van der Waals surface area contributed by atoms with Gasteiger partial charge in [-0.1, -0.05) is 24.3 Å². The third-order valence-corrected chi connectivity index (χ3v) is 4.93. The highest BCUT2D eigenvalue weighted by molar-refractivity contribution is 7.15. The summed E-state index contributed by atoms with van der Waals surface area (Å²) in [5.41, 5.74) is 9.62. The van der Waals surface area contributed by atoms with Gasteiger partial charge in [-0.3, -0.25) is 4.79 Å². The number of hydrogen-bond donors (Lipinski definition) is 1. The van der Waals surface area contributed by atoms with Gasteiger partial charge in [-0.05, 0) is 30.5 Å². The Labute approximate surface area is 120 Å². The molecule has 1 amide bonds. The summed E-state index contributed by atoms with van der Waals surface area (Å²) in [6.45, 7) is 0. The zero-order valence-corrected chi connectivity index (χ0v) is 11.5. The van der Waals surface area contributed by atoms with Crippen LogP contribution in [0.15, 0.2) is 30.3 Å². The second kappa shape index (κ2) is 4.15. The van der Waals surface area contributed by atoms with Crippen molar-refractivity contribution in [2.24, 2.45) is 5.73 Å². The van der Waals surface area contributed by atoms with E-state index in [-0.39, 0.29) is 5.91 Å². The van der Waals surface area contributed by atoms with Gasteiger partial charge < -0.3 is 5.73 Å². The first-order valence-electron chi connectivity index (χ1n) is 6.56. The maximum absolute atomic E-state index is 11.8. The van der Waals surface area contributed by atoms with Gasteiger partial charge in [-0.25, -0.2) is 4.98 Å². The van der Waals surface area contributed by atoms with Crippen molar-refractivity contribution in [1.29, 1.82) is 0 Å². The molecule has 1 aromatic rings. The third-order valence-electron chi connectivity index (χ3n) is 3.72. The van der Waals surface area contributed by atoms with Crippen molar-refractivity contribution in [1.82, 2.24) is 4.98 Å². The summed E-state index contributed by atoms with van der Waals surface area (Å²) in [5, 5.41) is 1.02.